The maximum atomic E-state index is 12.3. The normalized spacial score (nSPS) is 29.4. The van der Waals surface area contributed by atoms with Crippen LogP contribution in [0.25, 0.3) is 0 Å². The van der Waals surface area contributed by atoms with Crippen LogP contribution in [-0.2, 0) is 4.74 Å². The van der Waals surface area contributed by atoms with Gasteiger partial charge in [0.25, 0.3) is 0 Å². The molecule has 0 unspecified atom stereocenters. The fourth-order valence-electron chi connectivity index (χ4n) is 3.04. The first kappa shape index (κ1) is 13.7. The fourth-order valence-corrected chi connectivity index (χ4v) is 3.04. The molecule has 0 aromatic rings. The number of hydrogen-bond donors (Lipinski definition) is 1. The van der Waals surface area contributed by atoms with Crippen molar-refractivity contribution in [3.8, 4) is 0 Å². The molecular formula is C14H26N2O2. The van der Waals surface area contributed by atoms with Crippen LogP contribution < -0.4 is 5.32 Å². The molecule has 2 atom stereocenters. The summed E-state index contributed by atoms with van der Waals surface area (Å²) < 4.78 is 5.53. The van der Waals surface area contributed by atoms with E-state index in [0.29, 0.717) is 12.0 Å². The van der Waals surface area contributed by atoms with Crippen LogP contribution in [0.2, 0.25) is 0 Å². The molecule has 4 nitrogen and oxygen atoms in total. The highest BCUT2D eigenvalue weighted by molar-refractivity contribution is 5.68. The zero-order chi connectivity index (χ0) is 13.2. The summed E-state index contributed by atoms with van der Waals surface area (Å²) in [5.41, 5.74) is -0.401. The monoisotopic (exact) mass is 254 g/mol. The predicted octanol–water partition coefficient (Wildman–Crippen LogP) is 2.39. The van der Waals surface area contributed by atoms with Crippen LogP contribution in [-0.4, -0.2) is 42.3 Å². The minimum absolute atomic E-state index is 0.138. The molecular weight excluding hydrogens is 228 g/mol. The Morgan fingerprint density at radius 1 is 1.28 bits per heavy atom. The third kappa shape index (κ3) is 3.37. The van der Waals surface area contributed by atoms with Gasteiger partial charge in [-0.3, -0.25) is 0 Å². The smallest absolute Gasteiger partial charge is 0.410 e. The molecule has 2 rings (SSSR count). The minimum Gasteiger partial charge on any atom is -0.444 e. The number of nitrogens with one attached hydrogen (secondary N) is 1. The van der Waals surface area contributed by atoms with Crippen molar-refractivity contribution < 1.29 is 9.53 Å². The highest BCUT2D eigenvalue weighted by Gasteiger charge is 2.36. The molecule has 0 bridgehead atoms. The first-order valence-electron chi connectivity index (χ1n) is 7.18. The summed E-state index contributed by atoms with van der Waals surface area (Å²) in [6.07, 6.45) is 4.69. The molecule has 2 aliphatic heterocycles. The highest BCUT2D eigenvalue weighted by atomic mass is 16.6. The van der Waals surface area contributed by atoms with Crippen molar-refractivity contribution in [2.45, 2.75) is 58.1 Å². The standard InChI is InChI=1S/C14H26N2O2/c1-14(2,3)18-13(17)16-9-5-7-11-6-4-8-15-10-12(11)16/h11-12,15H,4-10H2,1-3H3/t11-,12-/m1/s1. The van der Waals surface area contributed by atoms with Crippen molar-refractivity contribution in [3.05, 3.63) is 0 Å². The number of fused-ring (bicyclic) bond motifs is 1. The van der Waals surface area contributed by atoms with Crippen LogP contribution in [0.15, 0.2) is 0 Å². The molecule has 2 saturated heterocycles. The van der Waals surface area contributed by atoms with Crippen molar-refractivity contribution in [1.82, 2.24) is 10.2 Å². The predicted molar refractivity (Wildman–Crippen MR) is 71.6 cm³/mol. The number of carbonyl (C=O) groups is 1. The Labute approximate surface area is 110 Å². The van der Waals surface area contributed by atoms with Gasteiger partial charge >= 0.3 is 6.09 Å². The number of piperidine rings is 1. The van der Waals surface area contributed by atoms with E-state index in [1.54, 1.807) is 0 Å². The molecule has 18 heavy (non-hydrogen) atoms. The van der Waals surface area contributed by atoms with Crippen LogP contribution in [0.4, 0.5) is 4.79 Å². The summed E-state index contributed by atoms with van der Waals surface area (Å²) in [6, 6.07) is 0.330. The van der Waals surface area contributed by atoms with Gasteiger partial charge in [0, 0.05) is 13.1 Å². The van der Waals surface area contributed by atoms with Gasteiger partial charge in [-0.15, -0.1) is 0 Å². The maximum Gasteiger partial charge on any atom is 0.410 e. The summed E-state index contributed by atoms with van der Waals surface area (Å²) in [4.78, 5) is 14.2. The van der Waals surface area contributed by atoms with Crippen molar-refractivity contribution in [2.24, 2.45) is 5.92 Å². The number of rotatable bonds is 0. The third-order valence-corrected chi connectivity index (χ3v) is 3.83. The van der Waals surface area contributed by atoms with Gasteiger partial charge in [0.1, 0.15) is 5.60 Å². The van der Waals surface area contributed by atoms with Gasteiger partial charge in [-0.2, -0.15) is 0 Å². The largest absolute Gasteiger partial charge is 0.444 e. The lowest BCUT2D eigenvalue weighted by atomic mass is 9.86. The van der Waals surface area contributed by atoms with Crippen LogP contribution in [0.5, 0.6) is 0 Å². The van der Waals surface area contributed by atoms with E-state index in [-0.39, 0.29) is 6.09 Å². The van der Waals surface area contributed by atoms with E-state index in [1.165, 1.54) is 19.3 Å². The van der Waals surface area contributed by atoms with E-state index in [1.807, 2.05) is 25.7 Å². The Morgan fingerprint density at radius 2 is 2.00 bits per heavy atom. The molecule has 2 fully saturated rings. The van der Waals surface area contributed by atoms with Gasteiger partial charge in [-0.05, 0) is 58.9 Å². The zero-order valence-electron chi connectivity index (χ0n) is 11.9. The summed E-state index contributed by atoms with van der Waals surface area (Å²) in [5, 5.41) is 3.44. The summed E-state index contributed by atoms with van der Waals surface area (Å²) in [5.74, 6) is 0.654. The van der Waals surface area contributed by atoms with Gasteiger partial charge < -0.3 is 15.0 Å². The molecule has 2 heterocycles. The van der Waals surface area contributed by atoms with Crippen LogP contribution in [0.1, 0.15) is 46.5 Å². The van der Waals surface area contributed by atoms with E-state index in [4.69, 9.17) is 4.74 Å². The molecule has 0 aromatic carbocycles. The first-order chi connectivity index (χ1) is 8.47. The fraction of sp³-hybridized carbons (Fsp3) is 0.929. The molecule has 0 radical (unpaired) electrons. The lowest BCUT2D eigenvalue weighted by Crippen LogP contribution is -2.53. The molecule has 0 aromatic heterocycles. The lowest BCUT2D eigenvalue weighted by molar-refractivity contribution is 0.000862. The third-order valence-electron chi connectivity index (χ3n) is 3.83. The van der Waals surface area contributed by atoms with E-state index in [0.717, 1.165) is 26.1 Å². The Morgan fingerprint density at radius 3 is 2.72 bits per heavy atom. The quantitative estimate of drug-likeness (QED) is 0.721. The second-order valence-electron chi connectivity index (χ2n) is 6.49. The number of likely N-dealkylation sites (tertiary alicyclic amines) is 1. The Balaban J connectivity index is 2.03. The first-order valence-corrected chi connectivity index (χ1v) is 7.18. The maximum absolute atomic E-state index is 12.3. The second kappa shape index (κ2) is 5.47. The van der Waals surface area contributed by atoms with Crippen molar-refractivity contribution >= 4 is 6.09 Å². The summed E-state index contributed by atoms with van der Waals surface area (Å²) >= 11 is 0. The van der Waals surface area contributed by atoms with Crippen molar-refractivity contribution in [2.75, 3.05) is 19.6 Å². The Hall–Kier alpha value is -0.770. The van der Waals surface area contributed by atoms with E-state index >= 15 is 0 Å². The number of ether oxygens (including phenoxy) is 1. The summed E-state index contributed by atoms with van der Waals surface area (Å²) in [7, 11) is 0. The average Bonchev–Trinajstić information content (AvgIpc) is 2.50. The average molecular weight is 254 g/mol. The number of carbonyl (C=O) groups excluding carboxylic acids is 1. The van der Waals surface area contributed by atoms with Gasteiger partial charge in [0.05, 0.1) is 6.04 Å². The van der Waals surface area contributed by atoms with Crippen LogP contribution >= 0.6 is 0 Å². The van der Waals surface area contributed by atoms with Gasteiger partial charge in [-0.25, -0.2) is 4.79 Å². The van der Waals surface area contributed by atoms with Crippen molar-refractivity contribution in [1.29, 1.82) is 0 Å². The Bertz CT molecular complexity index is 299. The number of hydrogen-bond acceptors (Lipinski definition) is 3. The second-order valence-corrected chi connectivity index (χ2v) is 6.49. The number of nitrogens with zero attached hydrogens (tertiary/aromatic N) is 1. The molecule has 104 valence electrons. The van der Waals surface area contributed by atoms with E-state index in [2.05, 4.69) is 5.32 Å². The van der Waals surface area contributed by atoms with Gasteiger partial charge in [-0.1, -0.05) is 0 Å². The molecule has 0 spiro atoms. The molecule has 0 aliphatic carbocycles. The summed E-state index contributed by atoms with van der Waals surface area (Å²) in [6.45, 7) is 8.63. The topological polar surface area (TPSA) is 41.6 Å². The SMILES string of the molecule is CC(C)(C)OC(=O)N1CCC[C@H]2CCCNC[C@H]21. The van der Waals surface area contributed by atoms with Crippen LogP contribution in [0.3, 0.4) is 0 Å². The highest BCUT2D eigenvalue weighted by Crippen LogP contribution is 2.29. The molecule has 1 amide bonds. The zero-order valence-corrected chi connectivity index (χ0v) is 11.9. The van der Waals surface area contributed by atoms with Gasteiger partial charge in [0.15, 0.2) is 0 Å². The minimum atomic E-state index is -0.401. The van der Waals surface area contributed by atoms with E-state index < -0.39 is 5.60 Å². The Kier molecular flexibility index (Phi) is 4.15. The van der Waals surface area contributed by atoms with E-state index in [9.17, 15) is 4.79 Å². The molecule has 0 saturated carbocycles. The molecule has 1 N–H and O–H groups in total. The van der Waals surface area contributed by atoms with Crippen LogP contribution in [0, 0.1) is 5.92 Å². The number of amides is 1. The van der Waals surface area contributed by atoms with Crippen molar-refractivity contribution in [3.63, 3.8) is 0 Å². The molecule has 4 heteroatoms. The van der Waals surface area contributed by atoms with Gasteiger partial charge in [0.2, 0.25) is 0 Å². The lowest BCUT2D eigenvalue weighted by Gasteiger charge is -2.40. The molecule has 2 aliphatic rings.